The molecule has 0 saturated heterocycles. The van der Waals surface area contributed by atoms with Crippen molar-refractivity contribution in [3.8, 4) is 0 Å². The molecule has 15 heavy (non-hydrogen) atoms. The lowest BCUT2D eigenvalue weighted by Gasteiger charge is -2.29. The molecule has 0 aliphatic heterocycles. The molecule has 0 radical (unpaired) electrons. The Balaban J connectivity index is 2.13. The molecule has 2 aliphatic rings. The highest BCUT2D eigenvalue weighted by molar-refractivity contribution is 6.69. The van der Waals surface area contributed by atoms with Gasteiger partial charge >= 0.3 is 0 Å². The van der Waals surface area contributed by atoms with Crippen LogP contribution in [-0.2, 0) is 9.22 Å². The molecule has 0 aromatic rings. The van der Waals surface area contributed by atoms with Gasteiger partial charge in [-0.2, -0.15) is 0 Å². The molecule has 0 aromatic carbocycles. The Hall–Kier alpha value is -0.153. The Labute approximate surface area is 93.5 Å². The number of hydrogen-bond acceptors (Lipinski definition) is 2. The van der Waals surface area contributed by atoms with Crippen LogP contribution in [0.5, 0.6) is 0 Å². The highest BCUT2D eigenvalue weighted by Crippen LogP contribution is 2.53. The van der Waals surface area contributed by atoms with Crippen molar-refractivity contribution in [2.24, 2.45) is 11.3 Å². The molecule has 0 unspecified atom stereocenters. The van der Waals surface area contributed by atoms with Gasteiger partial charge in [0.05, 0.1) is 6.10 Å². The second-order valence-corrected chi connectivity index (χ2v) is 10.9. The molecular weight excluding hydrogens is 204 g/mol. The normalized spacial score (nSPS) is 40.9. The van der Waals surface area contributed by atoms with Gasteiger partial charge in [0.2, 0.25) is 0 Å². The van der Waals surface area contributed by atoms with Crippen LogP contribution in [-0.4, -0.2) is 20.2 Å². The molecule has 2 aliphatic carbocycles. The number of hydrogen-bond donors (Lipinski definition) is 0. The minimum Gasteiger partial charge on any atom is -0.414 e. The van der Waals surface area contributed by atoms with E-state index in [-0.39, 0.29) is 17.4 Å². The van der Waals surface area contributed by atoms with Gasteiger partial charge in [0, 0.05) is 12.3 Å². The number of fused-ring (bicyclic) bond motifs is 1. The summed E-state index contributed by atoms with van der Waals surface area (Å²) in [6.45, 7) is 8.91. The second kappa shape index (κ2) is 3.42. The van der Waals surface area contributed by atoms with Gasteiger partial charge in [0.25, 0.3) is 0 Å². The van der Waals surface area contributed by atoms with Crippen LogP contribution in [0.3, 0.4) is 0 Å². The van der Waals surface area contributed by atoms with E-state index in [1.807, 2.05) is 0 Å². The zero-order valence-corrected chi connectivity index (χ0v) is 11.3. The van der Waals surface area contributed by atoms with Crippen LogP contribution >= 0.6 is 0 Å². The standard InChI is InChI=1S/C12H22O2Si/c1-12-7-5-9(13)11(12)10(6-8-12)14-15(2,3)4/h10-11H,5-8H2,1-4H3/t10-,11-,12+/m0/s1. The monoisotopic (exact) mass is 226 g/mol. The molecule has 0 aromatic heterocycles. The zero-order chi connectivity index (χ0) is 11.3. The average Bonchev–Trinajstić information content (AvgIpc) is 2.51. The molecule has 2 nitrogen and oxygen atoms in total. The van der Waals surface area contributed by atoms with Gasteiger partial charge in [-0.1, -0.05) is 6.92 Å². The maximum absolute atomic E-state index is 11.9. The molecule has 3 heteroatoms. The summed E-state index contributed by atoms with van der Waals surface area (Å²) in [6, 6.07) is 0. The first-order valence-electron chi connectivity index (χ1n) is 6.02. The molecule has 2 fully saturated rings. The van der Waals surface area contributed by atoms with Crippen molar-refractivity contribution in [2.75, 3.05) is 0 Å². The molecule has 2 saturated carbocycles. The molecule has 0 bridgehead atoms. The lowest BCUT2D eigenvalue weighted by molar-refractivity contribution is -0.124. The third-order valence-electron chi connectivity index (χ3n) is 3.92. The second-order valence-electron chi connectivity index (χ2n) is 6.41. The maximum Gasteiger partial charge on any atom is 0.184 e. The summed E-state index contributed by atoms with van der Waals surface area (Å²) < 4.78 is 6.17. The predicted molar refractivity (Wildman–Crippen MR) is 63.3 cm³/mol. The highest BCUT2D eigenvalue weighted by atomic mass is 28.4. The summed E-state index contributed by atoms with van der Waals surface area (Å²) in [4.78, 5) is 11.9. The van der Waals surface area contributed by atoms with E-state index in [0.29, 0.717) is 5.78 Å². The SMILES string of the molecule is C[C@]12CCC(=O)[C@H]1[C@@H](O[Si](C)(C)C)CC2. The Morgan fingerprint density at radius 2 is 2.00 bits per heavy atom. The van der Waals surface area contributed by atoms with Gasteiger partial charge in [-0.15, -0.1) is 0 Å². The van der Waals surface area contributed by atoms with Crippen molar-refractivity contribution >= 4 is 14.1 Å². The third kappa shape index (κ3) is 2.04. The van der Waals surface area contributed by atoms with Gasteiger partial charge in [-0.05, 0) is 44.3 Å². The van der Waals surface area contributed by atoms with Crippen molar-refractivity contribution in [3.05, 3.63) is 0 Å². The van der Waals surface area contributed by atoms with Crippen LogP contribution in [0.15, 0.2) is 0 Å². The van der Waals surface area contributed by atoms with Crippen LogP contribution in [0.25, 0.3) is 0 Å². The maximum atomic E-state index is 11.9. The fourth-order valence-electron chi connectivity index (χ4n) is 3.26. The lowest BCUT2D eigenvalue weighted by Crippen LogP contribution is -2.37. The summed E-state index contributed by atoms with van der Waals surface area (Å²) in [6.07, 6.45) is 4.38. The minimum absolute atomic E-state index is 0.212. The van der Waals surface area contributed by atoms with Crippen molar-refractivity contribution in [3.63, 3.8) is 0 Å². The lowest BCUT2D eigenvalue weighted by atomic mass is 9.82. The van der Waals surface area contributed by atoms with Crippen LogP contribution in [0.1, 0.15) is 32.6 Å². The quantitative estimate of drug-likeness (QED) is 0.677. The van der Waals surface area contributed by atoms with E-state index in [9.17, 15) is 4.79 Å². The highest BCUT2D eigenvalue weighted by Gasteiger charge is 2.53. The third-order valence-corrected chi connectivity index (χ3v) is 4.93. The van der Waals surface area contributed by atoms with E-state index in [1.54, 1.807) is 0 Å². The van der Waals surface area contributed by atoms with Crippen molar-refractivity contribution in [2.45, 2.75) is 58.4 Å². The van der Waals surface area contributed by atoms with E-state index in [2.05, 4.69) is 26.6 Å². The number of carbonyl (C=O) groups is 1. The molecule has 86 valence electrons. The summed E-state index contributed by atoms with van der Waals surface area (Å²) >= 11 is 0. The first-order valence-corrected chi connectivity index (χ1v) is 9.43. The van der Waals surface area contributed by atoms with E-state index in [0.717, 1.165) is 19.3 Å². The van der Waals surface area contributed by atoms with E-state index in [1.165, 1.54) is 6.42 Å². The minimum atomic E-state index is -1.50. The average molecular weight is 226 g/mol. The van der Waals surface area contributed by atoms with Gasteiger partial charge in [-0.25, -0.2) is 0 Å². The van der Waals surface area contributed by atoms with Crippen LogP contribution < -0.4 is 0 Å². The Kier molecular flexibility index (Phi) is 2.59. The van der Waals surface area contributed by atoms with E-state index < -0.39 is 8.32 Å². The molecule has 0 spiro atoms. The largest absolute Gasteiger partial charge is 0.414 e. The zero-order valence-electron chi connectivity index (χ0n) is 10.3. The first kappa shape index (κ1) is 11.3. The fraction of sp³-hybridized carbons (Fsp3) is 0.917. The molecule has 0 heterocycles. The topological polar surface area (TPSA) is 26.3 Å². The Bertz CT molecular complexity index is 282. The summed E-state index contributed by atoms with van der Waals surface area (Å²) in [5, 5.41) is 0. The predicted octanol–water partition coefficient (Wildman–Crippen LogP) is 2.99. The van der Waals surface area contributed by atoms with E-state index in [4.69, 9.17) is 4.43 Å². The summed E-state index contributed by atoms with van der Waals surface area (Å²) in [5.41, 5.74) is 0.265. The fourth-order valence-corrected chi connectivity index (χ4v) is 4.43. The molecule has 0 amide bonds. The van der Waals surface area contributed by atoms with Crippen LogP contribution in [0.4, 0.5) is 0 Å². The van der Waals surface area contributed by atoms with E-state index >= 15 is 0 Å². The number of carbonyl (C=O) groups excluding carboxylic acids is 1. The molecular formula is C12H22O2Si. The summed E-state index contributed by atoms with van der Waals surface area (Å²) in [7, 11) is -1.50. The summed E-state index contributed by atoms with van der Waals surface area (Å²) in [5.74, 6) is 0.669. The van der Waals surface area contributed by atoms with Crippen LogP contribution in [0, 0.1) is 11.3 Å². The van der Waals surface area contributed by atoms with Gasteiger partial charge in [-0.3, -0.25) is 4.79 Å². The first-order chi connectivity index (χ1) is 6.82. The van der Waals surface area contributed by atoms with Crippen molar-refractivity contribution < 1.29 is 9.22 Å². The molecule has 2 rings (SSSR count). The van der Waals surface area contributed by atoms with Crippen molar-refractivity contribution in [1.82, 2.24) is 0 Å². The molecule has 3 atom stereocenters. The van der Waals surface area contributed by atoms with Crippen LogP contribution in [0.2, 0.25) is 19.6 Å². The van der Waals surface area contributed by atoms with Crippen molar-refractivity contribution in [1.29, 1.82) is 0 Å². The molecule has 0 N–H and O–H groups in total. The van der Waals surface area contributed by atoms with Gasteiger partial charge in [0.1, 0.15) is 5.78 Å². The number of rotatable bonds is 2. The number of Topliss-reactive ketones (excluding diaryl/α,β-unsaturated/α-hetero) is 1. The number of ketones is 1. The Morgan fingerprint density at radius 1 is 1.33 bits per heavy atom. The Morgan fingerprint density at radius 3 is 2.60 bits per heavy atom. The van der Waals surface area contributed by atoms with Gasteiger partial charge < -0.3 is 4.43 Å². The van der Waals surface area contributed by atoms with Gasteiger partial charge in [0.15, 0.2) is 8.32 Å². The smallest absolute Gasteiger partial charge is 0.184 e.